The lowest BCUT2D eigenvalue weighted by atomic mass is 10.0. The van der Waals surface area contributed by atoms with E-state index in [1.54, 1.807) is 24.8 Å². The second-order valence-electron chi connectivity index (χ2n) is 11.8. The number of carbonyl (C=O) groups excluding carboxylic acids is 3. The van der Waals surface area contributed by atoms with Gasteiger partial charge in [-0.3, -0.25) is 9.59 Å². The average molecular weight is 821 g/mol. The third-order valence-electron chi connectivity index (χ3n) is 8.07. The number of nitrogens with zero attached hydrogens (tertiary/aromatic N) is 2. The molecule has 1 heterocycles. The Bertz CT molecular complexity index is 1800. The van der Waals surface area contributed by atoms with Gasteiger partial charge >= 0.3 is 47.0 Å². The minimum absolute atomic E-state index is 0.0117. The molecule has 0 unspecified atom stereocenters. The van der Waals surface area contributed by atoms with E-state index in [0.717, 1.165) is 29.5 Å². The minimum Gasteiger partial charge on any atom is -0.506 e. The predicted octanol–water partition coefficient (Wildman–Crippen LogP) is 4.78. The summed E-state index contributed by atoms with van der Waals surface area (Å²) in [6.07, 6.45) is -17.1. The number of benzene rings is 2. The first kappa shape index (κ1) is 45.0. The Kier molecular flexibility index (Phi) is 15.5. The van der Waals surface area contributed by atoms with Gasteiger partial charge < -0.3 is 39.4 Å². The zero-order chi connectivity index (χ0) is 41.2. The number of hydrogen-bond donors (Lipinski definition) is 3. The number of fused-ring (bicyclic) bond motifs is 1. The van der Waals surface area contributed by atoms with Gasteiger partial charge in [0.15, 0.2) is 0 Å². The second kappa shape index (κ2) is 19.0. The minimum atomic E-state index is -5.93. The molecule has 0 spiro atoms. The van der Waals surface area contributed by atoms with E-state index in [4.69, 9.17) is 4.74 Å². The van der Waals surface area contributed by atoms with Crippen molar-refractivity contribution in [2.75, 3.05) is 59.0 Å². The number of likely N-dealkylation sites (N-methyl/N-ethyl adjacent to an activating group) is 1. The topological polar surface area (TPSA) is 150 Å². The lowest BCUT2D eigenvalue weighted by Gasteiger charge is -2.36. The largest absolute Gasteiger partial charge is 0.506 e. The number of halogens is 9. The van der Waals surface area contributed by atoms with Crippen LogP contribution in [0.5, 0.6) is 5.75 Å². The Labute approximate surface area is 311 Å². The zero-order valence-corrected chi connectivity index (χ0v) is 30.1. The lowest BCUT2D eigenvalue weighted by Crippen LogP contribution is -2.60. The molecule has 1 amide bonds. The van der Waals surface area contributed by atoms with Crippen LogP contribution in [0.2, 0.25) is 0 Å². The normalized spacial score (nSPS) is 12.7. The van der Waals surface area contributed by atoms with Crippen LogP contribution in [0.4, 0.5) is 39.5 Å². The zero-order valence-electron chi connectivity index (χ0n) is 29.3. The molecule has 0 radical (unpaired) electrons. The van der Waals surface area contributed by atoms with Crippen LogP contribution in [0, 0.1) is 0 Å². The number of hydrogen-bond acceptors (Lipinski definition) is 11. The fourth-order valence-corrected chi connectivity index (χ4v) is 6.13. The number of aromatic hydroxyl groups is 1. The Hall–Kier alpha value is -4.41. The number of nitrogens with one attached hydrogen (secondary N) is 2. The number of aromatic nitrogens is 1. The number of rotatable bonds is 19. The van der Waals surface area contributed by atoms with Crippen molar-refractivity contribution < 1.29 is 73.2 Å². The number of ether oxygens (including phenoxy) is 3. The van der Waals surface area contributed by atoms with Crippen molar-refractivity contribution in [3.05, 3.63) is 62.8 Å². The van der Waals surface area contributed by atoms with Crippen molar-refractivity contribution in [2.24, 2.45) is 0 Å². The number of H-pyrrole nitrogens is 1. The summed E-state index contributed by atoms with van der Waals surface area (Å²) in [7, 11) is 0. The maximum Gasteiger partial charge on any atom is 0.491 e. The molecule has 3 aromatic rings. The Balaban J connectivity index is 1.93. The maximum atomic E-state index is 14.1. The molecule has 0 saturated carbocycles. The highest BCUT2D eigenvalue weighted by Crippen LogP contribution is 2.33. The van der Waals surface area contributed by atoms with E-state index in [1.165, 1.54) is 12.1 Å². The third-order valence-corrected chi connectivity index (χ3v) is 9.03. The lowest BCUT2D eigenvalue weighted by molar-refractivity contribution is -0.278. The fourth-order valence-electron chi connectivity index (χ4n) is 5.24. The van der Waals surface area contributed by atoms with Crippen LogP contribution < -0.4 is 10.2 Å². The summed E-state index contributed by atoms with van der Waals surface area (Å²) in [5.74, 6) is -12.5. The van der Waals surface area contributed by atoms with Gasteiger partial charge in [-0.15, -0.1) is 0 Å². The molecule has 55 heavy (non-hydrogen) atoms. The predicted molar refractivity (Wildman–Crippen MR) is 178 cm³/mol. The molecule has 0 aliphatic carbocycles. The van der Waals surface area contributed by atoms with Crippen LogP contribution in [-0.4, -0.2) is 115 Å². The van der Waals surface area contributed by atoms with Crippen molar-refractivity contribution in [3.8, 4) is 5.75 Å². The quantitative estimate of drug-likeness (QED) is 0.0668. The summed E-state index contributed by atoms with van der Waals surface area (Å²) in [5, 5.41) is 13.0. The summed E-state index contributed by atoms with van der Waals surface area (Å²) in [4.78, 5) is 54.7. The number of carbonyl (C=O) groups is 3. The molecule has 0 atom stereocenters. The molecule has 0 saturated heterocycles. The average Bonchev–Trinajstić information content (AvgIpc) is 3.51. The SMILES string of the molecule is CCN(CC)CCN(CCNCCc1ccc(O)c2[nH]c(=O)sc12)C(=O)C(COCCc1ccccc1C(F)(F)F)(OC(=O)C(F)(F)F)OC(=O)C(F)(F)F. The Morgan fingerprint density at radius 1 is 0.818 bits per heavy atom. The van der Waals surface area contributed by atoms with Crippen LogP contribution in [0.3, 0.4) is 0 Å². The van der Waals surface area contributed by atoms with Gasteiger partial charge in [0.25, 0.3) is 0 Å². The van der Waals surface area contributed by atoms with Gasteiger partial charge in [0.05, 0.1) is 16.9 Å². The molecule has 0 aliphatic heterocycles. The van der Waals surface area contributed by atoms with E-state index >= 15 is 0 Å². The van der Waals surface area contributed by atoms with Crippen molar-refractivity contribution >= 4 is 39.4 Å². The summed E-state index contributed by atoms with van der Waals surface area (Å²) in [6, 6.07) is 6.96. The monoisotopic (exact) mass is 820 g/mol. The molecule has 3 N–H and O–H groups in total. The molecule has 306 valence electrons. The van der Waals surface area contributed by atoms with Crippen molar-refractivity contribution in [1.82, 2.24) is 20.1 Å². The number of amides is 1. The first-order valence-electron chi connectivity index (χ1n) is 16.5. The summed E-state index contributed by atoms with van der Waals surface area (Å²) < 4.78 is 136. The van der Waals surface area contributed by atoms with E-state index in [-0.39, 0.29) is 37.3 Å². The molecular weight excluding hydrogens is 783 g/mol. The third kappa shape index (κ3) is 12.6. The van der Waals surface area contributed by atoms with Crippen molar-refractivity contribution in [1.29, 1.82) is 0 Å². The van der Waals surface area contributed by atoms with Gasteiger partial charge in [0, 0.05) is 26.2 Å². The molecule has 2 aromatic carbocycles. The van der Waals surface area contributed by atoms with Gasteiger partial charge in [-0.1, -0.05) is 49.4 Å². The highest BCUT2D eigenvalue weighted by atomic mass is 32.1. The first-order chi connectivity index (χ1) is 25.6. The summed E-state index contributed by atoms with van der Waals surface area (Å²) >= 11 is 0.842. The summed E-state index contributed by atoms with van der Waals surface area (Å²) in [5.41, 5.74) is -0.672. The molecular formula is C33H37F9N4O8S. The highest BCUT2D eigenvalue weighted by Gasteiger charge is 2.58. The van der Waals surface area contributed by atoms with E-state index < -0.39 is 90.9 Å². The number of alkyl halides is 9. The number of thiazole rings is 1. The van der Waals surface area contributed by atoms with Crippen molar-refractivity contribution in [2.45, 2.75) is 51.0 Å². The van der Waals surface area contributed by atoms with Crippen LogP contribution >= 0.6 is 11.3 Å². The van der Waals surface area contributed by atoms with Gasteiger partial charge in [-0.25, -0.2) is 9.59 Å². The smallest absolute Gasteiger partial charge is 0.491 e. The Morgan fingerprint density at radius 3 is 2.02 bits per heavy atom. The van der Waals surface area contributed by atoms with Crippen LogP contribution in [0.1, 0.15) is 30.5 Å². The van der Waals surface area contributed by atoms with E-state index in [1.807, 2.05) is 0 Å². The van der Waals surface area contributed by atoms with E-state index in [9.17, 15) is 63.8 Å². The second-order valence-corrected chi connectivity index (χ2v) is 12.7. The molecule has 0 aliphatic rings. The molecule has 3 rings (SSSR count). The van der Waals surface area contributed by atoms with Crippen LogP contribution in [-0.2, 0) is 47.6 Å². The van der Waals surface area contributed by atoms with Crippen LogP contribution in [0.25, 0.3) is 10.2 Å². The van der Waals surface area contributed by atoms with E-state index in [2.05, 4.69) is 19.8 Å². The number of aromatic amines is 1. The highest BCUT2D eigenvalue weighted by molar-refractivity contribution is 7.16. The summed E-state index contributed by atoms with van der Waals surface area (Å²) in [6.45, 7) is 0.653. The number of esters is 2. The van der Waals surface area contributed by atoms with E-state index in [0.29, 0.717) is 28.3 Å². The Morgan fingerprint density at radius 2 is 1.44 bits per heavy atom. The fraction of sp³-hybridized carbons (Fsp3) is 0.515. The molecule has 0 bridgehead atoms. The first-order valence-corrected chi connectivity index (χ1v) is 17.3. The standard InChI is InChI=1S/C33H37F9N4O8S/c1-3-45(4-2)16-17-46(15-14-43-13-11-21-9-10-23(47)24-25(21)55-29(51)44-24)26(48)30(53-27(49)32(37,38)39,54-28(50)33(40,41)42)19-52-18-12-20-7-5-6-8-22(20)31(34,35)36/h5-10,43,47H,3-4,11-19H2,1-2H3,(H,44,51). The van der Waals surface area contributed by atoms with Gasteiger partial charge in [-0.2, -0.15) is 39.5 Å². The molecule has 0 fully saturated rings. The number of phenols is 1. The van der Waals surface area contributed by atoms with Crippen LogP contribution in [0.15, 0.2) is 41.2 Å². The maximum absolute atomic E-state index is 14.1. The molecule has 22 heteroatoms. The molecule has 12 nitrogen and oxygen atoms in total. The van der Waals surface area contributed by atoms with Gasteiger partial charge in [0.2, 0.25) is 0 Å². The van der Waals surface area contributed by atoms with Gasteiger partial charge in [0.1, 0.15) is 17.9 Å². The number of phenolic OH excluding ortho intramolecular Hbond substituents is 1. The molecule has 1 aromatic heterocycles. The van der Waals surface area contributed by atoms with Crippen molar-refractivity contribution in [3.63, 3.8) is 0 Å². The van der Waals surface area contributed by atoms with Gasteiger partial charge in [-0.05, 0) is 55.7 Å².